The van der Waals surface area contributed by atoms with E-state index in [-0.39, 0.29) is 18.8 Å². The number of aliphatic carboxylic acids is 1. The fourth-order valence-corrected chi connectivity index (χ4v) is 3.94. The number of nitrogens with zero attached hydrogens (tertiary/aromatic N) is 2. The van der Waals surface area contributed by atoms with Gasteiger partial charge in [0, 0.05) is 18.8 Å². The Morgan fingerprint density at radius 1 is 1.02 bits per heavy atom. The maximum absolute atomic E-state index is 13.7. The lowest BCUT2D eigenvalue weighted by Crippen LogP contribution is -2.56. The van der Waals surface area contributed by atoms with Gasteiger partial charge in [0.2, 0.25) is 5.91 Å². The number of benzene rings is 1. The quantitative estimate of drug-likeness (QED) is 0.242. The Morgan fingerprint density at radius 3 is 2.33 bits per heavy atom. The summed E-state index contributed by atoms with van der Waals surface area (Å²) in [7, 11) is 0. The summed E-state index contributed by atoms with van der Waals surface area (Å²) in [5.74, 6) is -3.90. The van der Waals surface area contributed by atoms with Crippen molar-refractivity contribution in [2.45, 2.75) is 84.0 Å². The van der Waals surface area contributed by atoms with Crippen LogP contribution in [0.4, 0.5) is 5.69 Å². The van der Waals surface area contributed by atoms with Crippen LogP contribution in [0, 0.1) is 5.92 Å². The van der Waals surface area contributed by atoms with Gasteiger partial charge in [0.1, 0.15) is 12.1 Å². The summed E-state index contributed by atoms with van der Waals surface area (Å²) in [5, 5.41) is 25.9. The zero-order chi connectivity index (χ0) is 29.7. The van der Waals surface area contributed by atoms with Crippen molar-refractivity contribution < 1.29 is 34.2 Å². The Labute approximate surface area is 234 Å². The van der Waals surface area contributed by atoms with Crippen molar-refractivity contribution in [1.29, 1.82) is 0 Å². The first-order valence-electron chi connectivity index (χ1n) is 13.5. The summed E-state index contributed by atoms with van der Waals surface area (Å²) in [6.07, 6.45) is 4.17. The van der Waals surface area contributed by atoms with E-state index in [2.05, 4.69) is 15.6 Å². The number of hydrogen-bond acceptors (Lipinski definition) is 8. The van der Waals surface area contributed by atoms with Gasteiger partial charge in [-0.25, -0.2) is 4.79 Å². The Hall–Kier alpha value is -3.99. The lowest BCUT2D eigenvalue weighted by molar-refractivity contribution is -0.210. The fourth-order valence-electron chi connectivity index (χ4n) is 3.94. The number of carbonyl (C=O) groups is 4. The Morgan fingerprint density at radius 2 is 1.73 bits per heavy atom. The molecule has 11 nitrogen and oxygen atoms in total. The number of carboxylic acids is 1. The van der Waals surface area contributed by atoms with Crippen LogP contribution in [-0.4, -0.2) is 68.2 Å². The van der Waals surface area contributed by atoms with E-state index >= 15 is 0 Å². The maximum Gasteiger partial charge on any atom is 0.335 e. The van der Waals surface area contributed by atoms with Crippen LogP contribution in [0.25, 0.3) is 0 Å². The summed E-state index contributed by atoms with van der Waals surface area (Å²) >= 11 is 0. The normalized spacial score (nSPS) is 14.6. The SMILES string of the molecule is CCCC[C@H](C)[C@@H](O)CC(=O)ON(C(=O)[C@H](C)Nc1cccnc1)[C@@H](Cc1ccccc1)C(=O)N[C@@H](C)C(=O)O. The van der Waals surface area contributed by atoms with Crippen molar-refractivity contribution in [1.82, 2.24) is 15.4 Å². The lowest BCUT2D eigenvalue weighted by atomic mass is 9.96. The summed E-state index contributed by atoms with van der Waals surface area (Å²) in [5.41, 5.74) is 1.18. The molecule has 0 saturated heterocycles. The number of anilines is 1. The Bertz CT molecular complexity index is 1100. The Kier molecular flexibility index (Phi) is 13.0. The van der Waals surface area contributed by atoms with Crippen molar-refractivity contribution in [3.63, 3.8) is 0 Å². The molecular weight excluding hydrogens is 516 g/mol. The van der Waals surface area contributed by atoms with E-state index in [1.54, 1.807) is 48.7 Å². The number of unbranched alkanes of at least 4 members (excludes halogenated alkanes) is 1. The molecule has 1 aromatic carbocycles. The minimum absolute atomic E-state index is 0.0624. The molecule has 218 valence electrons. The second kappa shape index (κ2) is 16.2. The molecule has 1 heterocycles. The van der Waals surface area contributed by atoms with Crippen LogP contribution in [0.15, 0.2) is 54.9 Å². The summed E-state index contributed by atoms with van der Waals surface area (Å²) in [6, 6.07) is 8.53. The minimum atomic E-state index is -1.39. The number of carboxylic acid groups (broad SMARTS) is 1. The van der Waals surface area contributed by atoms with E-state index in [4.69, 9.17) is 4.84 Å². The molecule has 0 fully saturated rings. The van der Waals surface area contributed by atoms with Crippen molar-refractivity contribution in [2.75, 3.05) is 5.32 Å². The molecule has 0 aliphatic carbocycles. The molecule has 11 heteroatoms. The van der Waals surface area contributed by atoms with E-state index in [1.165, 1.54) is 20.0 Å². The minimum Gasteiger partial charge on any atom is -0.480 e. The van der Waals surface area contributed by atoms with Crippen LogP contribution in [0.3, 0.4) is 0 Å². The molecule has 4 N–H and O–H groups in total. The number of aromatic nitrogens is 1. The van der Waals surface area contributed by atoms with Crippen molar-refractivity contribution in [3.05, 3.63) is 60.4 Å². The molecule has 0 aliphatic rings. The smallest absolute Gasteiger partial charge is 0.335 e. The molecule has 5 atom stereocenters. The number of hydrogen-bond donors (Lipinski definition) is 4. The molecule has 0 spiro atoms. The number of aliphatic hydroxyl groups is 1. The third-order valence-corrected chi connectivity index (χ3v) is 6.46. The van der Waals surface area contributed by atoms with E-state index < -0.39 is 48.0 Å². The van der Waals surface area contributed by atoms with E-state index in [9.17, 15) is 29.4 Å². The highest BCUT2D eigenvalue weighted by Crippen LogP contribution is 2.19. The predicted octanol–water partition coefficient (Wildman–Crippen LogP) is 2.95. The van der Waals surface area contributed by atoms with Crippen LogP contribution >= 0.6 is 0 Å². The second-order valence-electron chi connectivity index (χ2n) is 9.90. The average molecular weight is 557 g/mol. The van der Waals surface area contributed by atoms with Crippen LogP contribution in [0.1, 0.15) is 58.9 Å². The largest absolute Gasteiger partial charge is 0.480 e. The standard InChI is InChI=1S/C29H40N4O7/c1-5-6-11-19(2)25(34)17-26(35)40-33(28(37)20(3)31-23-14-10-15-30-18-23)24(16-22-12-8-7-9-13-22)27(36)32-21(4)29(38)39/h7-10,12-15,18-21,24-25,31,34H,5-6,11,16-17H2,1-4H3,(H,32,36)(H,38,39)/t19-,20-,21-,24-,25-/m0/s1. The monoisotopic (exact) mass is 556 g/mol. The molecule has 0 aliphatic heterocycles. The van der Waals surface area contributed by atoms with Gasteiger partial charge in [-0.2, -0.15) is 5.06 Å². The molecule has 0 radical (unpaired) electrons. The molecule has 0 saturated carbocycles. The number of amides is 2. The molecule has 2 aromatic rings. The number of rotatable bonds is 15. The second-order valence-corrected chi connectivity index (χ2v) is 9.90. The average Bonchev–Trinajstić information content (AvgIpc) is 2.93. The molecule has 1 aromatic heterocycles. The van der Waals surface area contributed by atoms with Gasteiger partial charge in [-0.15, -0.1) is 0 Å². The zero-order valence-electron chi connectivity index (χ0n) is 23.4. The van der Waals surface area contributed by atoms with Crippen molar-refractivity contribution >= 4 is 29.4 Å². The van der Waals surface area contributed by atoms with Crippen LogP contribution in [0.2, 0.25) is 0 Å². The van der Waals surface area contributed by atoms with Crippen LogP contribution < -0.4 is 10.6 Å². The van der Waals surface area contributed by atoms with Gasteiger partial charge in [0.25, 0.3) is 5.91 Å². The van der Waals surface area contributed by atoms with Gasteiger partial charge in [-0.3, -0.25) is 19.4 Å². The number of hydroxylamine groups is 2. The third kappa shape index (κ3) is 10.3. The van der Waals surface area contributed by atoms with E-state index in [0.717, 1.165) is 12.8 Å². The topological polar surface area (TPSA) is 158 Å². The Balaban J connectivity index is 2.39. The van der Waals surface area contributed by atoms with Gasteiger partial charge in [-0.1, -0.05) is 57.0 Å². The fraction of sp³-hybridized carbons (Fsp3) is 0.483. The predicted molar refractivity (Wildman–Crippen MR) is 149 cm³/mol. The molecule has 0 bridgehead atoms. The highest BCUT2D eigenvalue weighted by atomic mass is 16.7. The first-order valence-corrected chi connectivity index (χ1v) is 13.5. The molecule has 2 rings (SSSR count). The molecule has 40 heavy (non-hydrogen) atoms. The summed E-state index contributed by atoms with van der Waals surface area (Å²) in [4.78, 5) is 61.1. The number of aliphatic hydroxyl groups excluding tert-OH is 1. The van der Waals surface area contributed by atoms with Gasteiger partial charge < -0.3 is 25.7 Å². The van der Waals surface area contributed by atoms with Crippen LogP contribution in [0.5, 0.6) is 0 Å². The lowest BCUT2D eigenvalue weighted by Gasteiger charge is -2.32. The summed E-state index contributed by atoms with van der Waals surface area (Å²) < 4.78 is 0. The van der Waals surface area contributed by atoms with Crippen molar-refractivity contribution in [3.8, 4) is 0 Å². The van der Waals surface area contributed by atoms with Gasteiger partial charge in [0.05, 0.1) is 18.2 Å². The molecule has 2 amide bonds. The van der Waals surface area contributed by atoms with E-state index in [1.807, 2.05) is 13.8 Å². The maximum atomic E-state index is 13.7. The van der Waals surface area contributed by atoms with Gasteiger partial charge in [-0.05, 0) is 43.9 Å². The molecule has 0 unspecified atom stereocenters. The highest BCUT2D eigenvalue weighted by Gasteiger charge is 2.37. The third-order valence-electron chi connectivity index (χ3n) is 6.46. The van der Waals surface area contributed by atoms with Crippen molar-refractivity contribution in [2.24, 2.45) is 5.92 Å². The first-order chi connectivity index (χ1) is 19.0. The highest BCUT2D eigenvalue weighted by molar-refractivity contribution is 5.93. The summed E-state index contributed by atoms with van der Waals surface area (Å²) in [6.45, 7) is 6.68. The first kappa shape index (κ1) is 32.2. The number of pyridine rings is 1. The van der Waals surface area contributed by atoms with Gasteiger partial charge >= 0.3 is 11.9 Å². The van der Waals surface area contributed by atoms with E-state index in [0.29, 0.717) is 22.7 Å². The number of nitrogens with one attached hydrogen (secondary N) is 2. The number of carbonyl (C=O) groups excluding carboxylic acids is 3. The zero-order valence-corrected chi connectivity index (χ0v) is 23.4. The van der Waals surface area contributed by atoms with Crippen LogP contribution in [-0.2, 0) is 30.4 Å². The van der Waals surface area contributed by atoms with Gasteiger partial charge in [0.15, 0.2) is 6.04 Å². The molecular formula is C29H40N4O7.